The van der Waals surface area contributed by atoms with Gasteiger partial charge in [0.25, 0.3) is 11.5 Å². The van der Waals surface area contributed by atoms with Gasteiger partial charge in [-0.05, 0) is 69.2 Å². The van der Waals surface area contributed by atoms with Crippen LogP contribution in [0.3, 0.4) is 0 Å². The smallest absolute Gasteiger partial charge is 0.417 e. The third-order valence-corrected chi connectivity index (χ3v) is 8.86. The molecule has 3 heterocycles. The quantitative estimate of drug-likeness (QED) is 0.134. The van der Waals surface area contributed by atoms with Gasteiger partial charge in [0.05, 0.1) is 5.56 Å². The van der Waals surface area contributed by atoms with Gasteiger partial charge in [-0.3, -0.25) is 19.2 Å². The third-order valence-electron chi connectivity index (χ3n) is 8.86. The van der Waals surface area contributed by atoms with Crippen LogP contribution in [-0.4, -0.2) is 52.1 Å². The number of hydrogen-bond donors (Lipinski definition) is 3. The number of aryl methyl sites for hydroxylation is 1. The molecule has 12 nitrogen and oxygen atoms in total. The van der Waals surface area contributed by atoms with E-state index in [4.69, 9.17) is 9.26 Å². The Morgan fingerprint density at radius 3 is 2.46 bits per heavy atom. The van der Waals surface area contributed by atoms with E-state index in [1.54, 1.807) is 0 Å². The number of carbonyl (C=O) groups is 4. The normalized spacial score (nSPS) is 17.8. The molecule has 0 spiro atoms. The molecule has 2 fully saturated rings. The van der Waals surface area contributed by atoms with Gasteiger partial charge in [-0.2, -0.15) is 13.2 Å². The maximum Gasteiger partial charge on any atom is 0.417 e. The van der Waals surface area contributed by atoms with Crippen molar-refractivity contribution in [3.8, 4) is 0 Å². The molecule has 52 heavy (non-hydrogen) atoms. The summed E-state index contributed by atoms with van der Waals surface area (Å²) in [5.41, 5.74) is -3.95. The predicted octanol–water partition coefficient (Wildman–Crippen LogP) is 4.92. The number of hydrogen-bond acceptors (Lipinski definition) is 8. The Labute approximate surface area is 293 Å². The summed E-state index contributed by atoms with van der Waals surface area (Å²) in [4.78, 5) is 65.9. The Hall–Kier alpha value is -5.35. The molecular formula is C35H36F5N5O7. The van der Waals surface area contributed by atoms with Gasteiger partial charge in [-0.25, -0.2) is 13.6 Å². The van der Waals surface area contributed by atoms with E-state index >= 15 is 0 Å². The van der Waals surface area contributed by atoms with Crippen LogP contribution in [0.4, 0.5) is 27.6 Å². The van der Waals surface area contributed by atoms with E-state index in [0.29, 0.717) is 42.6 Å². The molecule has 3 aromatic rings. The third kappa shape index (κ3) is 9.70. The number of rotatable bonds is 12. The first-order chi connectivity index (χ1) is 24.7. The van der Waals surface area contributed by atoms with Crippen LogP contribution in [0.2, 0.25) is 0 Å². The lowest BCUT2D eigenvalue weighted by Gasteiger charge is -2.25. The number of halogens is 5. The van der Waals surface area contributed by atoms with Gasteiger partial charge < -0.3 is 29.8 Å². The average Bonchev–Trinajstić information content (AvgIpc) is 3.72. The van der Waals surface area contributed by atoms with Crippen LogP contribution < -0.4 is 21.5 Å². The maximum absolute atomic E-state index is 14.3. The fraction of sp³-hybridized carbons (Fsp3) is 0.429. The summed E-state index contributed by atoms with van der Waals surface area (Å²) in [6.07, 6.45) is 1.35. The number of ether oxygens (including phenoxy) is 1. The molecule has 2 aliphatic rings. The lowest BCUT2D eigenvalue weighted by molar-refractivity contribution is -0.144. The number of anilines is 1. The highest BCUT2D eigenvalue weighted by Crippen LogP contribution is 2.31. The zero-order valence-electron chi connectivity index (χ0n) is 27.9. The van der Waals surface area contributed by atoms with Crippen LogP contribution in [0.5, 0.6) is 0 Å². The first kappa shape index (κ1) is 37.9. The Morgan fingerprint density at radius 2 is 1.83 bits per heavy atom. The number of benzene rings is 1. The Balaban J connectivity index is 1.52. The van der Waals surface area contributed by atoms with Crippen molar-refractivity contribution in [3.05, 3.63) is 93.3 Å². The number of nitrogens with one attached hydrogen (secondary N) is 3. The van der Waals surface area contributed by atoms with Crippen LogP contribution in [0.25, 0.3) is 0 Å². The van der Waals surface area contributed by atoms with E-state index in [-0.39, 0.29) is 35.4 Å². The molecule has 278 valence electrons. The predicted molar refractivity (Wildman–Crippen MR) is 174 cm³/mol. The highest BCUT2D eigenvalue weighted by molar-refractivity contribution is 6.02. The Bertz CT molecular complexity index is 1900. The van der Waals surface area contributed by atoms with Crippen LogP contribution in [0.15, 0.2) is 58.0 Å². The second-order valence-electron chi connectivity index (χ2n) is 12.8. The van der Waals surface area contributed by atoms with Crippen LogP contribution in [0.1, 0.15) is 78.4 Å². The molecule has 0 bridgehead atoms. The second kappa shape index (κ2) is 16.3. The highest BCUT2D eigenvalue weighted by atomic mass is 19.4. The largest absolute Gasteiger partial charge is 0.459 e. The molecule has 0 unspecified atom stereocenters. The lowest BCUT2D eigenvalue weighted by atomic mass is 9.97. The fourth-order valence-electron chi connectivity index (χ4n) is 6.17. The van der Waals surface area contributed by atoms with Crippen LogP contribution in [0, 0.1) is 24.5 Å². The summed E-state index contributed by atoms with van der Waals surface area (Å²) in [6, 6.07) is 1.22. The van der Waals surface area contributed by atoms with Crippen molar-refractivity contribution >= 4 is 29.4 Å². The van der Waals surface area contributed by atoms with E-state index in [1.807, 2.05) is 0 Å². The minimum Gasteiger partial charge on any atom is -0.459 e. The maximum atomic E-state index is 14.3. The van der Waals surface area contributed by atoms with Crippen molar-refractivity contribution in [2.75, 3.05) is 11.9 Å². The SMILES string of the molecule is Cc1cc(C(=O)Nc2cc(C(F)(F)F)cn([C@@H](Cc3ccc(F)c(F)c3)C(=O)N[C@H](/C=C/C(=O)OC3CCCCC3)C[C@@H]3CCNC3=O)c2=O)no1. The van der Waals surface area contributed by atoms with Crippen molar-refractivity contribution in [2.45, 2.75) is 82.7 Å². The summed E-state index contributed by atoms with van der Waals surface area (Å²) in [5.74, 6) is -6.10. The van der Waals surface area contributed by atoms with Gasteiger partial charge in [0.15, 0.2) is 17.3 Å². The summed E-state index contributed by atoms with van der Waals surface area (Å²) >= 11 is 0. The molecule has 3 atom stereocenters. The fourth-order valence-corrected chi connectivity index (χ4v) is 6.17. The van der Waals surface area contributed by atoms with E-state index < -0.39 is 76.8 Å². The molecule has 17 heteroatoms. The summed E-state index contributed by atoms with van der Waals surface area (Å²) in [7, 11) is 0. The molecule has 3 amide bonds. The topological polar surface area (TPSA) is 162 Å². The number of amides is 3. The molecular weight excluding hydrogens is 697 g/mol. The molecule has 0 radical (unpaired) electrons. The standard InChI is InChI=1S/C35H36F5N5O7/c1-19-13-27(44-52-19)32(48)43-28-17-22(35(38,39)40)18-45(34(28)50)29(15-20-7-9-25(36)26(37)14-20)33(49)42-23(16-21-11-12-41-31(21)47)8-10-30(46)51-24-5-3-2-4-6-24/h7-10,13-14,17-18,21,23-24,29H,2-6,11-12,15-16H2,1H3,(H,41,47)(H,42,49)(H,43,48)/b10-8+/t21-,23+,29-/m0/s1. The van der Waals surface area contributed by atoms with Gasteiger partial charge in [-0.15, -0.1) is 0 Å². The number of pyridine rings is 1. The average molecular weight is 734 g/mol. The number of aromatic nitrogens is 2. The van der Waals surface area contributed by atoms with E-state index in [2.05, 4.69) is 21.1 Å². The van der Waals surface area contributed by atoms with Gasteiger partial charge >= 0.3 is 12.1 Å². The van der Waals surface area contributed by atoms with E-state index in [1.165, 1.54) is 19.1 Å². The minimum atomic E-state index is -5.08. The molecule has 5 rings (SSSR count). The first-order valence-corrected chi connectivity index (χ1v) is 16.7. The van der Waals surface area contributed by atoms with E-state index in [0.717, 1.165) is 43.5 Å². The van der Waals surface area contributed by atoms with Crippen LogP contribution in [-0.2, 0) is 31.7 Å². The van der Waals surface area contributed by atoms with Crippen molar-refractivity contribution in [2.24, 2.45) is 5.92 Å². The zero-order chi connectivity index (χ0) is 37.6. The van der Waals surface area contributed by atoms with Crippen molar-refractivity contribution < 1.29 is 50.4 Å². The summed E-state index contributed by atoms with van der Waals surface area (Å²) in [5, 5.41) is 10.9. The molecule has 1 saturated carbocycles. The first-order valence-electron chi connectivity index (χ1n) is 16.7. The molecule has 3 N–H and O–H groups in total. The Kier molecular flexibility index (Phi) is 11.9. The molecule has 2 aromatic heterocycles. The van der Waals surface area contributed by atoms with Crippen molar-refractivity contribution in [1.82, 2.24) is 20.4 Å². The van der Waals surface area contributed by atoms with Crippen molar-refractivity contribution in [3.63, 3.8) is 0 Å². The second-order valence-corrected chi connectivity index (χ2v) is 12.8. The number of nitrogens with zero attached hydrogens (tertiary/aromatic N) is 2. The molecule has 1 saturated heterocycles. The lowest BCUT2D eigenvalue weighted by Crippen LogP contribution is -2.44. The monoisotopic (exact) mass is 733 g/mol. The van der Waals surface area contributed by atoms with Crippen molar-refractivity contribution in [1.29, 1.82) is 0 Å². The summed E-state index contributed by atoms with van der Waals surface area (Å²) < 4.78 is 81.5. The molecule has 1 aromatic carbocycles. The van der Waals surface area contributed by atoms with E-state index in [9.17, 15) is 45.9 Å². The van der Waals surface area contributed by atoms with Gasteiger partial charge in [0.2, 0.25) is 11.8 Å². The number of carbonyl (C=O) groups excluding carboxylic acids is 4. The van der Waals surface area contributed by atoms with Gasteiger partial charge in [0.1, 0.15) is 23.6 Å². The summed E-state index contributed by atoms with van der Waals surface area (Å²) in [6.45, 7) is 1.82. The number of esters is 1. The van der Waals surface area contributed by atoms with Gasteiger partial charge in [0, 0.05) is 43.3 Å². The molecule has 1 aliphatic carbocycles. The van der Waals surface area contributed by atoms with Crippen LogP contribution >= 0.6 is 0 Å². The minimum absolute atomic E-state index is 0.0292. The molecule has 1 aliphatic heterocycles. The zero-order valence-corrected chi connectivity index (χ0v) is 27.9. The highest BCUT2D eigenvalue weighted by Gasteiger charge is 2.36. The number of alkyl halides is 3. The Morgan fingerprint density at radius 1 is 1.08 bits per heavy atom. The van der Waals surface area contributed by atoms with Gasteiger partial charge in [-0.1, -0.05) is 23.7 Å².